The molecule has 6 nitrogen and oxygen atoms in total. The Kier molecular flexibility index (Phi) is 3.99. The van der Waals surface area contributed by atoms with Crippen molar-refractivity contribution in [2.75, 3.05) is 6.54 Å². The van der Waals surface area contributed by atoms with Crippen LogP contribution < -0.4 is 11.1 Å². The van der Waals surface area contributed by atoms with E-state index in [0.717, 1.165) is 16.8 Å². The van der Waals surface area contributed by atoms with Crippen molar-refractivity contribution >= 4 is 5.91 Å². The van der Waals surface area contributed by atoms with Gasteiger partial charge in [-0.2, -0.15) is 0 Å². The molecule has 0 unspecified atom stereocenters. The zero-order valence-electron chi connectivity index (χ0n) is 10.1. The predicted octanol–water partition coefficient (Wildman–Crippen LogP) is 0.259. The average molecular weight is 285 g/mol. The van der Waals surface area contributed by atoms with Crippen LogP contribution in [0.4, 0.5) is 13.2 Å². The lowest BCUT2D eigenvalue weighted by atomic mass is 10.3. The van der Waals surface area contributed by atoms with Gasteiger partial charge in [0.1, 0.15) is 5.69 Å². The van der Waals surface area contributed by atoms with Crippen molar-refractivity contribution in [3.05, 3.63) is 41.5 Å². The molecule has 2 rings (SSSR count). The highest BCUT2D eigenvalue weighted by atomic mass is 19.2. The summed E-state index contributed by atoms with van der Waals surface area (Å²) < 4.78 is 40.1. The third-order valence-electron chi connectivity index (χ3n) is 2.43. The van der Waals surface area contributed by atoms with E-state index in [0.29, 0.717) is 5.69 Å². The molecule has 0 aliphatic rings. The van der Waals surface area contributed by atoms with E-state index in [4.69, 9.17) is 5.73 Å². The van der Waals surface area contributed by atoms with E-state index in [1.807, 2.05) is 0 Å². The topological polar surface area (TPSA) is 85.8 Å². The second-order valence-electron chi connectivity index (χ2n) is 3.86. The number of carbonyl (C=O) groups is 1. The fraction of sp³-hybridized carbons (Fsp3) is 0.182. The fourth-order valence-corrected chi connectivity index (χ4v) is 1.44. The van der Waals surface area contributed by atoms with Crippen LogP contribution in [-0.4, -0.2) is 27.4 Å². The molecule has 1 amide bonds. The number of nitrogens with one attached hydrogen (secondary N) is 1. The van der Waals surface area contributed by atoms with Crippen molar-refractivity contribution in [1.29, 1.82) is 0 Å². The molecule has 1 aromatic heterocycles. The number of carbonyl (C=O) groups excluding carboxylic acids is 1. The Balaban J connectivity index is 2.18. The van der Waals surface area contributed by atoms with Gasteiger partial charge in [0.15, 0.2) is 17.5 Å². The van der Waals surface area contributed by atoms with E-state index in [-0.39, 0.29) is 24.7 Å². The minimum absolute atomic E-state index is 0.0229. The van der Waals surface area contributed by atoms with Gasteiger partial charge in [-0.05, 0) is 0 Å². The summed E-state index contributed by atoms with van der Waals surface area (Å²) >= 11 is 0. The summed E-state index contributed by atoms with van der Waals surface area (Å²) in [5, 5.41) is 9.79. The summed E-state index contributed by atoms with van der Waals surface area (Å²) in [6.45, 7) is -0.0925. The Morgan fingerprint density at radius 2 is 1.95 bits per heavy atom. The van der Waals surface area contributed by atoms with Gasteiger partial charge < -0.3 is 11.1 Å². The van der Waals surface area contributed by atoms with Gasteiger partial charge in [-0.15, -0.1) is 5.10 Å². The first-order valence-corrected chi connectivity index (χ1v) is 5.54. The molecule has 0 spiro atoms. The van der Waals surface area contributed by atoms with Gasteiger partial charge in [-0.3, -0.25) is 4.79 Å². The summed E-state index contributed by atoms with van der Waals surface area (Å²) in [5.74, 6) is -4.58. The maximum absolute atomic E-state index is 13.1. The maximum Gasteiger partial charge on any atom is 0.234 e. The lowest BCUT2D eigenvalue weighted by Crippen LogP contribution is -2.29. The molecule has 0 aliphatic heterocycles. The Morgan fingerprint density at radius 3 is 2.55 bits per heavy atom. The molecule has 0 bridgehead atoms. The van der Waals surface area contributed by atoms with Crippen LogP contribution >= 0.6 is 0 Å². The Labute approximate surface area is 111 Å². The van der Waals surface area contributed by atoms with Gasteiger partial charge in [-0.1, -0.05) is 5.21 Å². The third-order valence-corrected chi connectivity index (χ3v) is 2.43. The predicted molar refractivity (Wildman–Crippen MR) is 62.1 cm³/mol. The zero-order valence-corrected chi connectivity index (χ0v) is 10.1. The first-order chi connectivity index (χ1) is 9.51. The Morgan fingerprint density at radius 1 is 1.30 bits per heavy atom. The summed E-state index contributed by atoms with van der Waals surface area (Å²) in [5.41, 5.74) is 5.44. The van der Waals surface area contributed by atoms with Crippen LogP contribution in [0.5, 0.6) is 0 Å². The number of nitrogens with zero attached hydrogens (tertiary/aromatic N) is 3. The number of hydrogen-bond donors (Lipinski definition) is 2. The van der Waals surface area contributed by atoms with E-state index in [1.54, 1.807) is 0 Å². The van der Waals surface area contributed by atoms with Crippen LogP contribution in [0.2, 0.25) is 0 Å². The minimum atomic E-state index is -1.55. The number of halogens is 3. The van der Waals surface area contributed by atoms with Crippen LogP contribution in [0, 0.1) is 17.5 Å². The van der Waals surface area contributed by atoms with Gasteiger partial charge >= 0.3 is 0 Å². The standard InChI is InChI=1S/C11H10F3N5O/c12-8-1-7(2-9(13)11(8)14)19-5-6(17-18-19)4-16-10(20)3-15/h1-2,5H,3-4,15H2,(H,16,20). The lowest BCUT2D eigenvalue weighted by Gasteiger charge is -2.02. The largest absolute Gasteiger partial charge is 0.349 e. The van der Waals surface area contributed by atoms with Crippen LogP contribution in [0.3, 0.4) is 0 Å². The highest BCUT2D eigenvalue weighted by Gasteiger charge is 2.12. The van der Waals surface area contributed by atoms with Crippen molar-refractivity contribution in [3.8, 4) is 5.69 Å². The molecule has 3 N–H and O–H groups in total. The normalized spacial score (nSPS) is 10.6. The second-order valence-corrected chi connectivity index (χ2v) is 3.86. The number of benzene rings is 1. The molecule has 1 aromatic carbocycles. The molecule has 0 radical (unpaired) electrons. The van der Waals surface area contributed by atoms with E-state index < -0.39 is 17.5 Å². The first kappa shape index (κ1) is 14.0. The van der Waals surface area contributed by atoms with Gasteiger partial charge in [0.25, 0.3) is 0 Å². The monoisotopic (exact) mass is 285 g/mol. The molecular formula is C11H10F3N5O. The van der Waals surface area contributed by atoms with Crippen LogP contribution in [0.15, 0.2) is 18.3 Å². The molecule has 0 aliphatic carbocycles. The third kappa shape index (κ3) is 2.94. The molecule has 2 aromatic rings. The van der Waals surface area contributed by atoms with E-state index in [2.05, 4.69) is 15.6 Å². The molecule has 0 saturated carbocycles. The molecule has 0 saturated heterocycles. The average Bonchev–Trinajstić information content (AvgIpc) is 2.90. The van der Waals surface area contributed by atoms with Crippen molar-refractivity contribution in [3.63, 3.8) is 0 Å². The SMILES string of the molecule is NCC(=O)NCc1cn(-c2cc(F)c(F)c(F)c2)nn1. The summed E-state index contributed by atoms with van der Waals surface area (Å²) in [6.07, 6.45) is 1.35. The van der Waals surface area contributed by atoms with E-state index >= 15 is 0 Å². The van der Waals surface area contributed by atoms with Crippen molar-refractivity contribution in [1.82, 2.24) is 20.3 Å². The van der Waals surface area contributed by atoms with Crippen LogP contribution in [-0.2, 0) is 11.3 Å². The smallest absolute Gasteiger partial charge is 0.234 e. The molecule has 1 heterocycles. The molecule has 0 fully saturated rings. The molecule has 9 heteroatoms. The summed E-state index contributed by atoms with van der Waals surface area (Å²) in [4.78, 5) is 11.0. The van der Waals surface area contributed by atoms with Gasteiger partial charge in [0.05, 0.1) is 25.0 Å². The van der Waals surface area contributed by atoms with Crippen molar-refractivity contribution in [2.24, 2.45) is 5.73 Å². The lowest BCUT2D eigenvalue weighted by molar-refractivity contribution is -0.119. The number of amides is 1. The van der Waals surface area contributed by atoms with Crippen LogP contribution in [0.1, 0.15) is 5.69 Å². The molecular weight excluding hydrogens is 275 g/mol. The molecule has 106 valence electrons. The minimum Gasteiger partial charge on any atom is -0.349 e. The zero-order chi connectivity index (χ0) is 14.7. The fourth-order valence-electron chi connectivity index (χ4n) is 1.44. The van der Waals surface area contributed by atoms with Gasteiger partial charge in [0, 0.05) is 12.1 Å². The Hall–Kier alpha value is -2.42. The van der Waals surface area contributed by atoms with Crippen molar-refractivity contribution in [2.45, 2.75) is 6.54 Å². The summed E-state index contributed by atoms with van der Waals surface area (Å²) in [7, 11) is 0. The van der Waals surface area contributed by atoms with Crippen LogP contribution in [0.25, 0.3) is 5.69 Å². The second kappa shape index (κ2) is 5.70. The van der Waals surface area contributed by atoms with Crippen molar-refractivity contribution < 1.29 is 18.0 Å². The quantitative estimate of drug-likeness (QED) is 0.789. The summed E-state index contributed by atoms with van der Waals surface area (Å²) in [6, 6.07) is 1.57. The maximum atomic E-state index is 13.1. The number of nitrogens with two attached hydrogens (primary N) is 1. The van der Waals surface area contributed by atoms with Gasteiger partial charge in [0.2, 0.25) is 5.91 Å². The van der Waals surface area contributed by atoms with E-state index in [1.165, 1.54) is 6.20 Å². The first-order valence-electron chi connectivity index (χ1n) is 5.54. The highest BCUT2D eigenvalue weighted by molar-refractivity contribution is 5.77. The number of aromatic nitrogens is 3. The Bertz CT molecular complexity index is 620. The number of hydrogen-bond acceptors (Lipinski definition) is 4. The highest BCUT2D eigenvalue weighted by Crippen LogP contribution is 2.16. The molecule has 20 heavy (non-hydrogen) atoms. The molecule has 0 atom stereocenters. The number of rotatable bonds is 4. The van der Waals surface area contributed by atoms with E-state index in [9.17, 15) is 18.0 Å². The van der Waals surface area contributed by atoms with Gasteiger partial charge in [-0.25, -0.2) is 17.9 Å².